The lowest BCUT2D eigenvalue weighted by Crippen LogP contribution is -2.22. The summed E-state index contributed by atoms with van der Waals surface area (Å²) in [4.78, 5) is 24.8. The fourth-order valence-corrected chi connectivity index (χ4v) is 3.52. The highest BCUT2D eigenvalue weighted by molar-refractivity contribution is 7.89. The van der Waals surface area contributed by atoms with E-state index in [0.717, 1.165) is 4.31 Å². The van der Waals surface area contributed by atoms with E-state index in [-0.39, 0.29) is 16.7 Å². The lowest BCUT2D eigenvalue weighted by Gasteiger charge is -2.12. The zero-order chi connectivity index (χ0) is 21.7. The largest absolute Gasteiger partial charge is 0.322 e. The van der Waals surface area contributed by atoms with Crippen molar-refractivity contribution in [3.63, 3.8) is 0 Å². The standard InChI is InChI=1S/C22H21N3O4S/c1-25(2)30(28,29)20-14-12-19(13-15-20)24-22(27)17-8-10-18(11-9-17)23-21(26)16-6-4-3-5-7-16/h3-15H,1-2H3,(H,23,26)(H,24,27). The molecule has 0 radical (unpaired) electrons. The summed E-state index contributed by atoms with van der Waals surface area (Å²) in [5.74, 6) is -0.584. The van der Waals surface area contributed by atoms with Crippen LogP contribution in [0.4, 0.5) is 11.4 Å². The van der Waals surface area contributed by atoms with Gasteiger partial charge in [-0.3, -0.25) is 9.59 Å². The third-order valence-electron chi connectivity index (χ3n) is 4.33. The third kappa shape index (κ3) is 4.91. The maximum Gasteiger partial charge on any atom is 0.255 e. The van der Waals surface area contributed by atoms with Gasteiger partial charge in [0, 0.05) is 36.6 Å². The van der Waals surface area contributed by atoms with Gasteiger partial charge in [-0.2, -0.15) is 0 Å². The Morgan fingerprint density at radius 1 is 0.667 bits per heavy atom. The number of anilines is 2. The number of hydrogen-bond donors (Lipinski definition) is 2. The fourth-order valence-electron chi connectivity index (χ4n) is 2.62. The van der Waals surface area contributed by atoms with Gasteiger partial charge in [0.1, 0.15) is 0 Å². The lowest BCUT2D eigenvalue weighted by molar-refractivity contribution is 0.102. The summed E-state index contributed by atoms with van der Waals surface area (Å²) in [5.41, 5.74) is 1.98. The van der Waals surface area contributed by atoms with Crippen molar-refractivity contribution in [3.8, 4) is 0 Å². The molecule has 0 aliphatic rings. The Balaban J connectivity index is 1.64. The molecule has 0 aromatic heterocycles. The Labute approximate surface area is 175 Å². The molecule has 8 heteroatoms. The summed E-state index contributed by atoms with van der Waals surface area (Å²) in [7, 11) is -0.612. The number of amides is 2. The molecule has 0 fully saturated rings. The first kappa shape index (κ1) is 21.2. The van der Waals surface area contributed by atoms with Gasteiger partial charge in [0.25, 0.3) is 11.8 Å². The van der Waals surface area contributed by atoms with Crippen LogP contribution in [0, 0.1) is 0 Å². The van der Waals surface area contributed by atoms with Crippen molar-refractivity contribution >= 4 is 33.2 Å². The summed E-state index contributed by atoms with van der Waals surface area (Å²) in [6.45, 7) is 0. The summed E-state index contributed by atoms with van der Waals surface area (Å²) in [5, 5.41) is 5.49. The van der Waals surface area contributed by atoms with E-state index in [1.165, 1.54) is 38.4 Å². The first-order valence-corrected chi connectivity index (χ1v) is 10.5. The molecule has 3 rings (SSSR count). The van der Waals surface area contributed by atoms with Gasteiger partial charge in [-0.05, 0) is 60.7 Å². The molecule has 0 saturated carbocycles. The molecule has 3 aromatic rings. The minimum absolute atomic E-state index is 0.143. The van der Waals surface area contributed by atoms with Crippen molar-refractivity contribution < 1.29 is 18.0 Å². The molecule has 0 heterocycles. The first-order chi connectivity index (χ1) is 14.3. The predicted molar refractivity (Wildman–Crippen MR) is 116 cm³/mol. The van der Waals surface area contributed by atoms with E-state index < -0.39 is 10.0 Å². The second-order valence-electron chi connectivity index (χ2n) is 6.66. The maximum absolute atomic E-state index is 12.4. The van der Waals surface area contributed by atoms with Crippen LogP contribution < -0.4 is 10.6 Å². The van der Waals surface area contributed by atoms with Crippen molar-refractivity contribution in [2.75, 3.05) is 24.7 Å². The van der Waals surface area contributed by atoms with Crippen LogP contribution in [0.5, 0.6) is 0 Å². The van der Waals surface area contributed by atoms with Crippen LogP contribution in [-0.4, -0.2) is 38.6 Å². The Morgan fingerprint density at radius 2 is 1.10 bits per heavy atom. The highest BCUT2D eigenvalue weighted by Crippen LogP contribution is 2.18. The second kappa shape index (κ2) is 8.89. The number of sulfonamides is 1. The van der Waals surface area contributed by atoms with Gasteiger partial charge in [-0.15, -0.1) is 0 Å². The number of nitrogens with one attached hydrogen (secondary N) is 2. The van der Waals surface area contributed by atoms with Crippen LogP contribution >= 0.6 is 0 Å². The number of rotatable bonds is 6. The summed E-state index contributed by atoms with van der Waals surface area (Å²) in [6, 6.07) is 21.2. The van der Waals surface area contributed by atoms with Crippen molar-refractivity contribution in [2.45, 2.75) is 4.90 Å². The van der Waals surface area contributed by atoms with E-state index >= 15 is 0 Å². The van der Waals surface area contributed by atoms with Crippen molar-refractivity contribution in [1.29, 1.82) is 0 Å². The number of carbonyl (C=O) groups excluding carboxylic acids is 2. The van der Waals surface area contributed by atoms with Crippen molar-refractivity contribution in [3.05, 3.63) is 90.0 Å². The van der Waals surface area contributed by atoms with Crippen LogP contribution in [0.2, 0.25) is 0 Å². The quantitative estimate of drug-likeness (QED) is 0.635. The molecule has 2 N–H and O–H groups in total. The molecular weight excluding hydrogens is 402 g/mol. The zero-order valence-corrected chi connectivity index (χ0v) is 17.3. The van der Waals surface area contributed by atoms with Gasteiger partial charge in [0.05, 0.1) is 4.90 Å². The second-order valence-corrected chi connectivity index (χ2v) is 8.82. The molecule has 7 nitrogen and oxygen atoms in total. The molecule has 0 unspecified atom stereocenters. The van der Waals surface area contributed by atoms with Gasteiger partial charge >= 0.3 is 0 Å². The van der Waals surface area contributed by atoms with Gasteiger partial charge in [0.15, 0.2) is 0 Å². The monoisotopic (exact) mass is 423 g/mol. The van der Waals surface area contributed by atoms with Crippen LogP contribution in [0.25, 0.3) is 0 Å². The topological polar surface area (TPSA) is 95.6 Å². The van der Waals surface area contributed by atoms with E-state index in [2.05, 4.69) is 10.6 Å². The van der Waals surface area contributed by atoms with Gasteiger partial charge in [-0.1, -0.05) is 18.2 Å². The van der Waals surface area contributed by atoms with E-state index in [0.29, 0.717) is 22.5 Å². The Bertz CT molecular complexity index is 1140. The third-order valence-corrected chi connectivity index (χ3v) is 6.16. The molecule has 0 spiro atoms. The van der Waals surface area contributed by atoms with E-state index in [1.807, 2.05) is 6.07 Å². The molecular formula is C22H21N3O4S. The van der Waals surface area contributed by atoms with E-state index in [9.17, 15) is 18.0 Å². The molecule has 0 aliphatic carbocycles. The summed E-state index contributed by atoms with van der Waals surface area (Å²) < 4.78 is 25.3. The Morgan fingerprint density at radius 3 is 1.57 bits per heavy atom. The van der Waals surface area contributed by atoms with Gasteiger partial charge in [0.2, 0.25) is 10.0 Å². The van der Waals surface area contributed by atoms with Crippen molar-refractivity contribution in [1.82, 2.24) is 4.31 Å². The molecule has 0 saturated heterocycles. The maximum atomic E-state index is 12.4. The van der Waals surface area contributed by atoms with Crippen LogP contribution in [0.3, 0.4) is 0 Å². The zero-order valence-electron chi connectivity index (χ0n) is 16.5. The molecule has 154 valence electrons. The van der Waals surface area contributed by atoms with Crippen molar-refractivity contribution in [2.24, 2.45) is 0 Å². The van der Waals surface area contributed by atoms with Crippen LogP contribution in [0.1, 0.15) is 20.7 Å². The van der Waals surface area contributed by atoms with E-state index in [4.69, 9.17) is 0 Å². The highest BCUT2D eigenvalue weighted by Gasteiger charge is 2.17. The molecule has 3 aromatic carbocycles. The van der Waals surface area contributed by atoms with Crippen LogP contribution in [0.15, 0.2) is 83.8 Å². The summed E-state index contributed by atoms with van der Waals surface area (Å²) >= 11 is 0. The normalized spacial score (nSPS) is 11.2. The molecule has 0 bridgehead atoms. The minimum atomic E-state index is -3.52. The first-order valence-electron chi connectivity index (χ1n) is 9.08. The number of hydrogen-bond acceptors (Lipinski definition) is 4. The molecule has 30 heavy (non-hydrogen) atoms. The average molecular weight is 423 g/mol. The average Bonchev–Trinajstić information content (AvgIpc) is 2.75. The summed E-state index contributed by atoms with van der Waals surface area (Å²) in [6.07, 6.45) is 0. The molecule has 0 aliphatic heterocycles. The Hall–Kier alpha value is -3.49. The number of benzene rings is 3. The smallest absolute Gasteiger partial charge is 0.255 e. The Kier molecular flexibility index (Phi) is 6.29. The fraction of sp³-hybridized carbons (Fsp3) is 0.0909. The lowest BCUT2D eigenvalue weighted by atomic mass is 10.1. The van der Waals surface area contributed by atoms with Gasteiger partial charge < -0.3 is 10.6 Å². The predicted octanol–water partition coefficient (Wildman–Crippen LogP) is 3.44. The highest BCUT2D eigenvalue weighted by atomic mass is 32.2. The van der Waals surface area contributed by atoms with Gasteiger partial charge in [-0.25, -0.2) is 12.7 Å². The number of nitrogens with zero attached hydrogens (tertiary/aromatic N) is 1. The minimum Gasteiger partial charge on any atom is -0.322 e. The number of carbonyl (C=O) groups is 2. The van der Waals surface area contributed by atoms with E-state index in [1.54, 1.807) is 48.5 Å². The molecule has 2 amide bonds. The van der Waals surface area contributed by atoms with Crippen LogP contribution in [-0.2, 0) is 10.0 Å². The molecule has 0 atom stereocenters. The SMILES string of the molecule is CN(C)S(=O)(=O)c1ccc(NC(=O)c2ccc(NC(=O)c3ccccc3)cc2)cc1.